The van der Waals surface area contributed by atoms with Crippen LogP contribution in [0.25, 0.3) is 0 Å². The number of carbonyl (C=O) groups excluding carboxylic acids is 2. The Morgan fingerprint density at radius 2 is 1.81 bits per heavy atom. The number of anilines is 1. The van der Waals surface area contributed by atoms with E-state index in [4.69, 9.17) is 16.0 Å². The number of carbonyl (C=O) groups is 2. The largest absolute Gasteiger partial charge is 0.468 e. The summed E-state index contributed by atoms with van der Waals surface area (Å²) in [6.07, 6.45) is 1.43. The van der Waals surface area contributed by atoms with Gasteiger partial charge in [-0.3, -0.25) is 9.59 Å². The highest BCUT2D eigenvalue weighted by atomic mass is 35.5. The molecule has 0 aliphatic heterocycles. The van der Waals surface area contributed by atoms with Crippen molar-refractivity contribution >= 4 is 39.1 Å². The van der Waals surface area contributed by atoms with Crippen LogP contribution in [0.3, 0.4) is 0 Å². The third-order valence-electron chi connectivity index (χ3n) is 4.55. The molecule has 0 spiro atoms. The summed E-state index contributed by atoms with van der Waals surface area (Å²) >= 11 is 6.08. The molecule has 0 atom stereocenters. The lowest BCUT2D eigenvalue weighted by molar-refractivity contribution is -0.116. The number of aryl methyl sites for hydroxylation is 1. The molecule has 3 aromatic rings. The average Bonchev–Trinajstić information content (AvgIpc) is 3.27. The Balaban J connectivity index is 1.69. The van der Waals surface area contributed by atoms with E-state index < -0.39 is 15.9 Å². The number of rotatable bonds is 8. The summed E-state index contributed by atoms with van der Waals surface area (Å²) in [6, 6.07) is 14.4. The Kier molecular flexibility index (Phi) is 7.34. The highest BCUT2D eigenvalue weighted by Gasteiger charge is 2.22. The lowest BCUT2D eigenvalue weighted by atomic mass is 10.2. The molecule has 0 saturated carbocycles. The third kappa shape index (κ3) is 5.97. The Morgan fingerprint density at radius 1 is 1.09 bits per heavy atom. The molecule has 0 saturated heterocycles. The number of benzene rings is 2. The van der Waals surface area contributed by atoms with E-state index in [1.807, 2.05) is 19.1 Å². The number of nitrogens with one attached hydrogen (secondary N) is 2. The molecule has 8 nitrogen and oxygen atoms in total. The highest BCUT2D eigenvalue weighted by Crippen LogP contribution is 2.23. The van der Waals surface area contributed by atoms with Gasteiger partial charge in [0.15, 0.2) is 0 Å². The maximum atomic E-state index is 12.8. The van der Waals surface area contributed by atoms with Gasteiger partial charge in [-0.25, -0.2) is 13.1 Å². The van der Waals surface area contributed by atoms with Crippen molar-refractivity contribution in [3.63, 3.8) is 0 Å². The summed E-state index contributed by atoms with van der Waals surface area (Å²) in [5, 5.41) is 2.68. The first-order valence-corrected chi connectivity index (χ1v) is 11.5. The van der Waals surface area contributed by atoms with Crippen molar-refractivity contribution < 1.29 is 22.4 Å². The van der Waals surface area contributed by atoms with Crippen molar-refractivity contribution in [1.29, 1.82) is 0 Å². The monoisotopic (exact) mass is 475 g/mol. The molecule has 168 valence electrons. The summed E-state index contributed by atoms with van der Waals surface area (Å²) < 4.78 is 32.8. The van der Waals surface area contributed by atoms with E-state index in [-0.39, 0.29) is 34.5 Å². The number of amides is 2. The molecule has 3 rings (SSSR count). The fourth-order valence-electron chi connectivity index (χ4n) is 2.84. The van der Waals surface area contributed by atoms with E-state index in [0.29, 0.717) is 11.4 Å². The lowest BCUT2D eigenvalue weighted by Gasteiger charge is -2.18. The zero-order valence-corrected chi connectivity index (χ0v) is 19.0. The number of nitrogens with zero attached hydrogens (tertiary/aromatic N) is 1. The fourth-order valence-corrected chi connectivity index (χ4v) is 4.36. The SMILES string of the molecule is Cc1ccc(NC(=O)CN(C)C(=O)c2ccc(Cl)c(S(=O)(=O)NCc3ccco3)c2)cc1. The predicted molar refractivity (Wildman–Crippen MR) is 121 cm³/mol. The Hall–Kier alpha value is -3.14. The smallest absolute Gasteiger partial charge is 0.254 e. The molecule has 32 heavy (non-hydrogen) atoms. The van der Waals surface area contributed by atoms with Gasteiger partial charge in [-0.2, -0.15) is 0 Å². The number of halogens is 1. The van der Waals surface area contributed by atoms with Crippen LogP contribution in [0.1, 0.15) is 21.7 Å². The van der Waals surface area contributed by atoms with Crippen LogP contribution in [0.2, 0.25) is 5.02 Å². The number of hydrogen-bond donors (Lipinski definition) is 2. The predicted octanol–water partition coefficient (Wildman–Crippen LogP) is 3.43. The summed E-state index contributed by atoms with van der Waals surface area (Å²) in [5.74, 6) is -0.480. The molecule has 2 N–H and O–H groups in total. The van der Waals surface area contributed by atoms with E-state index in [1.54, 1.807) is 24.3 Å². The molecule has 0 fully saturated rings. The minimum Gasteiger partial charge on any atom is -0.468 e. The van der Waals surface area contributed by atoms with Crippen LogP contribution in [-0.2, 0) is 21.4 Å². The van der Waals surface area contributed by atoms with Crippen molar-refractivity contribution in [2.45, 2.75) is 18.4 Å². The first kappa shape index (κ1) is 23.5. The summed E-state index contributed by atoms with van der Waals surface area (Å²) in [5.41, 5.74) is 1.75. The third-order valence-corrected chi connectivity index (χ3v) is 6.43. The zero-order chi connectivity index (χ0) is 23.3. The molecule has 0 bridgehead atoms. The highest BCUT2D eigenvalue weighted by molar-refractivity contribution is 7.89. The van der Waals surface area contributed by atoms with Crippen LogP contribution in [0.5, 0.6) is 0 Å². The van der Waals surface area contributed by atoms with Crippen molar-refractivity contribution in [2.75, 3.05) is 18.9 Å². The van der Waals surface area contributed by atoms with Crippen molar-refractivity contribution in [2.24, 2.45) is 0 Å². The van der Waals surface area contributed by atoms with Gasteiger partial charge in [-0.15, -0.1) is 0 Å². The first-order chi connectivity index (χ1) is 15.2. The van der Waals surface area contributed by atoms with E-state index in [2.05, 4.69) is 10.0 Å². The van der Waals surface area contributed by atoms with Gasteiger partial charge in [-0.05, 0) is 49.4 Å². The van der Waals surface area contributed by atoms with E-state index in [1.165, 1.54) is 36.4 Å². The van der Waals surface area contributed by atoms with Crippen molar-refractivity contribution in [1.82, 2.24) is 9.62 Å². The Morgan fingerprint density at radius 3 is 2.47 bits per heavy atom. The van der Waals surface area contributed by atoms with Gasteiger partial charge < -0.3 is 14.6 Å². The normalized spacial score (nSPS) is 11.2. The lowest BCUT2D eigenvalue weighted by Crippen LogP contribution is -2.35. The average molecular weight is 476 g/mol. The minimum atomic E-state index is -4.01. The van der Waals surface area contributed by atoms with Gasteiger partial charge in [0.25, 0.3) is 5.91 Å². The molecule has 1 aromatic heterocycles. The van der Waals surface area contributed by atoms with Crippen LogP contribution in [-0.4, -0.2) is 38.7 Å². The number of furan rings is 1. The summed E-state index contributed by atoms with van der Waals surface area (Å²) in [6.45, 7) is 1.65. The van der Waals surface area contributed by atoms with Gasteiger partial charge in [0.05, 0.1) is 24.4 Å². The quantitative estimate of drug-likeness (QED) is 0.518. The molecule has 0 aliphatic carbocycles. The maximum absolute atomic E-state index is 12.8. The topological polar surface area (TPSA) is 109 Å². The Labute approximate surface area is 191 Å². The zero-order valence-electron chi connectivity index (χ0n) is 17.5. The summed E-state index contributed by atoms with van der Waals surface area (Å²) in [4.78, 5) is 26.0. The molecular weight excluding hydrogens is 454 g/mol. The summed E-state index contributed by atoms with van der Waals surface area (Å²) in [7, 11) is -2.55. The van der Waals surface area contributed by atoms with Crippen molar-refractivity contribution in [3.8, 4) is 0 Å². The molecule has 2 aromatic carbocycles. The molecule has 0 aliphatic rings. The standard InChI is InChI=1S/C22H22ClN3O5S/c1-15-5-8-17(9-6-15)25-21(27)14-26(2)22(28)16-7-10-19(23)20(12-16)32(29,30)24-13-18-4-3-11-31-18/h3-12,24H,13-14H2,1-2H3,(H,25,27). The van der Waals surface area contributed by atoms with Crippen LogP contribution in [0.15, 0.2) is 70.2 Å². The molecule has 1 heterocycles. The van der Waals surface area contributed by atoms with E-state index in [9.17, 15) is 18.0 Å². The number of sulfonamides is 1. The van der Waals surface area contributed by atoms with Gasteiger partial charge in [0.2, 0.25) is 15.9 Å². The second-order valence-electron chi connectivity index (χ2n) is 7.12. The van der Waals surface area contributed by atoms with E-state index >= 15 is 0 Å². The van der Waals surface area contributed by atoms with E-state index in [0.717, 1.165) is 5.56 Å². The number of likely N-dealkylation sites (N-methyl/N-ethyl adjacent to an activating group) is 1. The minimum absolute atomic E-state index is 0.0340. The Bertz CT molecular complexity index is 1210. The van der Waals surface area contributed by atoms with Gasteiger partial charge in [0.1, 0.15) is 10.7 Å². The van der Waals surface area contributed by atoms with Gasteiger partial charge in [0, 0.05) is 18.3 Å². The van der Waals surface area contributed by atoms with Crippen LogP contribution < -0.4 is 10.0 Å². The second kappa shape index (κ2) is 9.99. The van der Waals surface area contributed by atoms with Crippen LogP contribution >= 0.6 is 11.6 Å². The van der Waals surface area contributed by atoms with Gasteiger partial charge in [-0.1, -0.05) is 29.3 Å². The van der Waals surface area contributed by atoms with Crippen LogP contribution in [0, 0.1) is 6.92 Å². The molecule has 2 amide bonds. The number of hydrogen-bond acceptors (Lipinski definition) is 5. The van der Waals surface area contributed by atoms with Gasteiger partial charge >= 0.3 is 0 Å². The maximum Gasteiger partial charge on any atom is 0.254 e. The van der Waals surface area contributed by atoms with Crippen LogP contribution in [0.4, 0.5) is 5.69 Å². The van der Waals surface area contributed by atoms with Crippen molar-refractivity contribution in [3.05, 3.63) is 82.8 Å². The molecule has 10 heteroatoms. The molecule has 0 unspecified atom stereocenters. The second-order valence-corrected chi connectivity index (χ2v) is 9.27. The fraction of sp³-hybridized carbons (Fsp3) is 0.182. The first-order valence-electron chi connectivity index (χ1n) is 9.59. The molecule has 0 radical (unpaired) electrons. The molecular formula is C22H22ClN3O5S.